The van der Waals surface area contributed by atoms with E-state index in [2.05, 4.69) is 42.9 Å². The van der Waals surface area contributed by atoms with Crippen molar-refractivity contribution in [3.63, 3.8) is 0 Å². The third-order valence-electron chi connectivity index (χ3n) is 5.97. The van der Waals surface area contributed by atoms with Crippen LogP contribution in [0.3, 0.4) is 0 Å². The molecule has 29 heavy (non-hydrogen) atoms. The minimum absolute atomic E-state index is 0.700. The molecular formula is C25H36N2O2. The summed E-state index contributed by atoms with van der Waals surface area (Å²) in [6, 6.07) is 6.22. The number of hydrogen-bond acceptors (Lipinski definition) is 4. The number of aryl methyl sites for hydroxylation is 1. The maximum absolute atomic E-state index is 6.18. The summed E-state index contributed by atoms with van der Waals surface area (Å²) in [4.78, 5) is 8.93. The summed E-state index contributed by atoms with van der Waals surface area (Å²) in [5.74, 6) is 4.07. The Morgan fingerprint density at radius 3 is 2.31 bits per heavy atom. The third kappa shape index (κ3) is 6.45. The molecule has 1 aromatic carbocycles. The van der Waals surface area contributed by atoms with Crippen molar-refractivity contribution >= 4 is 0 Å². The van der Waals surface area contributed by atoms with Crippen LogP contribution in [0.15, 0.2) is 30.6 Å². The largest absolute Gasteiger partial charge is 0.493 e. The number of benzene rings is 1. The summed E-state index contributed by atoms with van der Waals surface area (Å²) in [5, 5.41) is 0. The topological polar surface area (TPSA) is 44.2 Å². The summed E-state index contributed by atoms with van der Waals surface area (Å²) in [7, 11) is 0. The fourth-order valence-electron chi connectivity index (χ4n) is 4.13. The van der Waals surface area contributed by atoms with Crippen molar-refractivity contribution < 1.29 is 9.47 Å². The zero-order valence-electron chi connectivity index (χ0n) is 18.3. The Kier molecular flexibility index (Phi) is 8.33. The van der Waals surface area contributed by atoms with Crippen molar-refractivity contribution in [3.05, 3.63) is 36.2 Å². The van der Waals surface area contributed by atoms with E-state index in [0.717, 1.165) is 53.8 Å². The van der Waals surface area contributed by atoms with Gasteiger partial charge < -0.3 is 9.47 Å². The molecule has 0 saturated heterocycles. The van der Waals surface area contributed by atoms with E-state index in [1.54, 1.807) is 12.4 Å². The quantitative estimate of drug-likeness (QED) is 0.424. The molecule has 1 aliphatic rings. The Hall–Kier alpha value is -2.10. The molecule has 1 aromatic heterocycles. The monoisotopic (exact) mass is 396 g/mol. The molecule has 1 saturated carbocycles. The highest BCUT2D eigenvalue weighted by molar-refractivity contribution is 5.58. The molecule has 2 aromatic rings. The highest BCUT2D eigenvalue weighted by Gasteiger charge is 2.21. The fourth-order valence-corrected chi connectivity index (χ4v) is 4.13. The standard InChI is InChI=1S/C25H36N2O2/c1-4-6-14-28-23-16-26-25(27-17-23)22-12-13-24(19(3)15-22)29-18-21-10-8-20(7-5-2)9-11-21/h12-13,15-17,20-21H,4-11,14,18H2,1-3H3/t20-,21-. The average molecular weight is 397 g/mol. The first-order valence-electron chi connectivity index (χ1n) is 11.4. The molecule has 4 nitrogen and oxygen atoms in total. The molecule has 1 fully saturated rings. The van der Waals surface area contributed by atoms with Crippen molar-refractivity contribution in [1.29, 1.82) is 0 Å². The van der Waals surface area contributed by atoms with Crippen molar-refractivity contribution in [2.24, 2.45) is 11.8 Å². The van der Waals surface area contributed by atoms with Gasteiger partial charge >= 0.3 is 0 Å². The van der Waals surface area contributed by atoms with Crippen LogP contribution in [0.1, 0.15) is 70.8 Å². The Labute approximate surface area is 176 Å². The van der Waals surface area contributed by atoms with Gasteiger partial charge in [-0.05, 0) is 61.8 Å². The molecule has 0 radical (unpaired) electrons. The first-order valence-corrected chi connectivity index (χ1v) is 11.4. The predicted molar refractivity (Wildman–Crippen MR) is 118 cm³/mol. The summed E-state index contributed by atoms with van der Waals surface area (Å²) in [6.45, 7) is 8.09. The Morgan fingerprint density at radius 2 is 1.66 bits per heavy atom. The van der Waals surface area contributed by atoms with Crippen LogP contribution in [-0.4, -0.2) is 23.2 Å². The van der Waals surface area contributed by atoms with Crippen molar-refractivity contribution in [2.45, 2.75) is 72.1 Å². The molecular weight excluding hydrogens is 360 g/mol. The van der Waals surface area contributed by atoms with Gasteiger partial charge in [0.15, 0.2) is 11.6 Å². The highest BCUT2D eigenvalue weighted by Crippen LogP contribution is 2.32. The second-order valence-corrected chi connectivity index (χ2v) is 8.41. The SMILES string of the molecule is CCCCOc1cnc(-c2ccc(OC[C@H]3CC[C@H](CCC)CC3)c(C)c2)nc1. The second kappa shape index (κ2) is 11.2. The van der Waals surface area contributed by atoms with E-state index in [-0.39, 0.29) is 0 Å². The van der Waals surface area contributed by atoms with Crippen molar-refractivity contribution in [2.75, 3.05) is 13.2 Å². The van der Waals surface area contributed by atoms with Crippen LogP contribution in [0.25, 0.3) is 11.4 Å². The minimum atomic E-state index is 0.700. The predicted octanol–water partition coefficient (Wildman–Crippen LogP) is 6.62. The zero-order valence-corrected chi connectivity index (χ0v) is 18.3. The van der Waals surface area contributed by atoms with E-state index in [4.69, 9.17) is 9.47 Å². The summed E-state index contributed by atoms with van der Waals surface area (Å²) >= 11 is 0. The van der Waals surface area contributed by atoms with Crippen LogP contribution in [-0.2, 0) is 0 Å². The number of hydrogen-bond donors (Lipinski definition) is 0. The van der Waals surface area contributed by atoms with Gasteiger partial charge in [-0.3, -0.25) is 0 Å². The minimum Gasteiger partial charge on any atom is -0.493 e. The highest BCUT2D eigenvalue weighted by atomic mass is 16.5. The number of rotatable bonds is 10. The summed E-state index contributed by atoms with van der Waals surface area (Å²) in [6.07, 6.45) is 13.7. The molecule has 0 N–H and O–H groups in total. The van der Waals surface area contributed by atoms with Gasteiger partial charge in [0.05, 0.1) is 25.6 Å². The Balaban J connectivity index is 1.52. The molecule has 3 rings (SSSR count). The van der Waals surface area contributed by atoms with E-state index < -0.39 is 0 Å². The van der Waals surface area contributed by atoms with Gasteiger partial charge in [0.2, 0.25) is 0 Å². The van der Waals surface area contributed by atoms with Gasteiger partial charge in [0.1, 0.15) is 5.75 Å². The molecule has 0 spiro atoms. The van der Waals surface area contributed by atoms with Crippen LogP contribution < -0.4 is 9.47 Å². The summed E-state index contributed by atoms with van der Waals surface area (Å²) < 4.78 is 11.8. The molecule has 1 heterocycles. The molecule has 1 aliphatic carbocycles. The van der Waals surface area contributed by atoms with Crippen LogP contribution in [0, 0.1) is 18.8 Å². The van der Waals surface area contributed by atoms with Gasteiger partial charge in [-0.25, -0.2) is 9.97 Å². The lowest BCUT2D eigenvalue weighted by molar-refractivity contribution is 0.178. The van der Waals surface area contributed by atoms with Crippen molar-refractivity contribution in [1.82, 2.24) is 9.97 Å². The molecule has 4 heteroatoms. The molecule has 158 valence electrons. The maximum atomic E-state index is 6.18. The normalized spacial score (nSPS) is 19.1. The average Bonchev–Trinajstić information content (AvgIpc) is 2.75. The first-order chi connectivity index (χ1) is 14.2. The van der Waals surface area contributed by atoms with Crippen LogP contribution in [0.4, 0.5) is 0 Å². The lowest BCUT2D eigenvalue weighted by Gasteiger charge is -2.28. The van der Waals surface area contributed by atoms with Crippen LogP contribution in [0.5, 0.6) is 11.5 Å². The zero-order chi connectivity index (χ0) is 20.5. The molecule has 0 bridgehead atoms. The molecule has 0 aliphatic heterocycles. The lowest BCUT2D eigenvalue weighted by atomic mass is 9.80. The van der Waals surface area contributed by atoms with E-state index in [1.807, 2.05) is 6.07 Å². The Bertz CT molecular complexity index is 737. The van der Waals surface area contributed by atoms with E-state index in [9.17, 15) is 0 Å². The van der Waals surface area contributed by atoms with Gasteiger partial charge in [-0.2, -0.15) is 0 Å². The van der Waals surface area contributed by atoms with Gasteiger partial charge in [-0.15, -0.1) is 0 Å². The smallest absolute Gasteiger partial charge is 0.159 e. The van der Waals surface area contributed by atoms with Crippen LogP contribution >= 0.6 is 0 Å². The fraction of sp³-hybridized carbons (Fsp3) is 0.600. The van der Waals surface area contributed by atoms with Gasteiger partial charge in [-0.1, -0.05) is 46.0 Å². The first kappa shape index (κ1) is 21.6. The van der Waals surface area contributed by atoms with Crippen molar-refractivity contribution in [3.8, 4) is 22.9 Å². The number of ether oxygens (including phenoxy) is 2. The molecule has 0 atom stereocenters. The van der Waals surface area contributed by atoms with Gasteiger partial charge in [0.25, 0.3) is 0 Å². The van der Waals surface area contributed by atoms with Gasteiger partial charge in [0, 0.05) is 5.56 Å². The van der Waals surface area contributed by atoms with E-state index in [0.29, 0.717) is 12.5 Å². The third-order valence-corrected chi connectivity index (χ3v) is 5.97. The van der Waals surface area contributed by atoms with Crippen LogP contribution in [0.2, 0.25) is 0 Å². The van der Waals surface area contributed by atoms with E-state index in [1.165, 1.54) is 38.5 Å². The summed E-state index contributed by atoms with van der Waals surface area (Å²) in [5.41, 5.74) is 2.14. The molecule has 0 unspecified atom stereocenters. The lowest BCUT2D eigenvalue weighted by Crippen LogP contribution is -2.20. The number of unbranched alkanes of at least 4 members (excludes halogenated alkanes) is 1. The number of aromatic nitrogens is 2. The van der Waals surface area contributed by atoms with E-state index >= 15 is 0 Å². The number of nitrogens with zero attached hydrogens (tertiary/aromatic N) is 2. The second-order valence-electron chi connectivity index (χ2n) is 8.41. The Morgan fingerprint density at radius 1 is 0.931 bits per heavy atom. The maximum Gasteiger partial charge on any atom is 0.159 e. The molecule has 0 amide bonds.